The standard InChI is InChI=1S/C16H23NO4/c1-16(2,17-7-9-21-10-8-17)15(18)13-6-5-12(19-3)11-14(13)20-4/h5-6,11H,7-10H2,1-4H3. The molecule has 0 amide bonds. The van der Waals surface area contributed by atoms with Crippen molar-refractivity contribution in [2.75, 3.05) is 40.5 Å². The number of rotatable bonds is 5. The van der Waals surface area contributed by atoms with Crippen molar-refractivity contribution in [2.24, 2.45) is 0 Å². The zero-order chi connectivity index (χ0) is 15.5. The Bertz CT molecular complexity index is 507. The Morgan fingerprint density at radius 1 is 1.19 bits per heavy atom. The van der Waals surface area contributed by atoms with Gasteiger partial charge in [-0.2, -0.15) is 0 Å². The van der Waals surface area contributed by atoms with E-state index in [1.54, 1.807) is 32.4 Å². The molecular weight excluding hydrogens is 270 g/mol. The Labute approximate surface area is 125 Å². The zero-order valence-electron chi connectivity index (χ0n) is 13.1. The van der Waals surface area contributed by atoms with Crippen LogP contribution in [0.25, 0.3) is 0 Å². The molecule has 0 spiro atoms. The molecule has 2 rings (SSSR count). The molecular formula is C16H23NO4. The van der Waals surface area contributed by atoms with Crippen molar-refractivity contribution in [3.8, 4) is 11.5 Å². The first-order valence-electron chi connectivity index (χ1n) is 7.10. The first-order valence-corrected chi connectivity index (χ1v) is 7.10. The van der Waals surface area contributed by atoms with Crippen molar-refractivity contribution in [1.82, 2.24) is 4.90 Å². The predicted octanol–water partition coefficient (Wildman–Crippen LogP) is 2.00. The summed E-state index contributed by atoms with van der Waals surface area (Å²) in [5, 5.41) is 0. The van der Waals surface area contributed by atoms with Gasteiger partial charge in [0, 0.05) is 19.2 Å². The summed E-state index contributed by atoms with van der Waals surface area (Å²) in [4.78, 5) is 15.1. The average molecular weight is 293 g/mol. The number of ketones is 1. The lowest BCUT2D eigenvalue weighted by atomic mass is 9.90. The average Bonchev–Trinajstić information content (AvgIpc) is 2.54. The Morgan fingerprint density at radius 3 is 2.43 bits per heavy atom. The van der Waals surface area contributed by atoms with E-state index in [1.807, 2.05) is 13.8 Å². The fourth-order valence-electron chi connectivity index (χ4n) is 2.58. The molecule has 5 heteroatoms. The van der Waals surface area contributed by atoms with Gasteiger partial charge in [-0.1, -0.05) is 0 Å². The van der Waals surface area contributed by atoms with Crippen LogP contribution in [0.5, 0.6) is 11.5 Å². The number of hydrogen-bond acceptors (Lipinski definition) is 5. The minimum atomic E-state index is -0.592. The number of nitrogens with zero attached hydrogens (tertiary/aromatic N) is 1. The van der Waals surface area contributed by atoms with E-state index >= 15 is 0 Å². The second-order valence-corrected chi connectivity index (χ2v) is 5.55. The van der Waals surface area contributed by atoms with Gasteiger partial charge in [0.1, 0.15) is 11.5 Å². The van der Waals surface area contributed by atoms with Gasteiger partial charge in [0.15, 0.2) is 5.78 Å². The molecule has 1 aromatic carbocycles. The third-order valence-corrected chi connectivity index (χ3v) is 4.01. The summed E-state index contributed by atoms with van der Waals surface area (Å²) in [5.74, 6) is 1.26. The SMILES string of the molecule is COc1ccc(C(=O)C(C)(C)N2CCOCC2)c(OC)c1. The molecule has 1 aromatic rings. The fourth-order valence-corrected chi connectivity index (χ4v) is 2.58. The molecule has 1 aliphatic rings. The predicted molar refractivity (Wildman–Crippen MR) is 80.3 cm³/mol. The van der Waals surface area contributed by atoms with Crippen molar-refractivity contribution in [3.05, 3.63) is 23.8 Å². The summed E-state index contributed by atoms with van der Waals surface area (Å²) < 4.78 is 15.9. The molecule has 0 aliphatic carbocycles. The van der Waals surface area contributed by atoms with Crippen LogP contribution >= 0.6 is 0 Å². The van der Waals surface area contributed by atoms with Crippen LogP contribution in [0.2, 0.25) is 0 Å². The van der Waals surface area contributed by atoms with E-state index in [2.05, 4.69) is 4.90 Å². The van der Waals surface area contributed by atoms with Crippen LogP contribution < -0.4 is 9.47 Å². The Kier molecular flexibility index (Phi) is 4.85. The van der Waals surface area contributed by atoms with Crippen LogP contribution in [-0.2, 0) is 4.74 Å². The van der Waals surface area contributed by atoms with Gasteiger partial charge in [-0.3, -0.25) is 9.69 Å². The van der Waals surface area contributed by atoms with E-state index in [-0.39, 0.29) is 5.78 Å². The van der Waals surface area contributed by atoms with Crippen LogP contribution in [-0.4, -0.2) is 56.7 Å². The van der Waals surface area contributed by atoms with Crippen LogP contribution in [0.3, 0.4) is 0 Å². The van der Waals surface area contributed by atoms with Crippen LogP contribution in [0, 0.1) is 0 Å². The highest BCUT2D eigenvalue weighted by molar-refractivity contribution is 6.05. The van der Waals surface area contributed by atoms with Crippen molar-refractivity contribution in [1.29, 1.82) is 0 Å². The molecule has 21 heavy (non-hydrogen) atoms. The number of Topliss-reactive ketones (excluding diaryl/α,β-unsaturated/α-hetero) is 1. The van der Waals surface area contributed by atoms with E-state index in [9.17, 15) is 4.79 Å². The van der Waals surface area contributed by atoms with E-state index in [0.717, 1.165) is 13.1 Å². The maximum Gasteiger partial charge on any atom is 0.186 e. The molecule has 0 atom stereocenters. The summed E-state index contributed by atoms with van der Waals surface area (Å²) >= 11 is 0. The number of hydrogen-bond donors (Lipinski definition) is 0. The number of ether oxygens (including phenoxy) is 3. The number of benzene rings is 1. The van der Waals surface area contributed by atoms with Crippen LogP contribution in [0.15, 0.2) is 18.2 Å². The highest BCUT2D eigenvalue weighted by atomic mass is 16.5. The lowest BCUT2D eigenvalue weighted by Gasteiger charge is -2.39. The molecule has 1 heterocycles. The van der Waals surface area contributed by atoms with E-state index in [4.69, 9.17) is 14.2 Å². The number of carbonyl (C=O) groups excluding carboxylic acids is 1. The minimum absolute atomic E-state index is 0.0453. The molecule has 5 nitrogen and oxygen atoms in total. The summed E-state index contributed by atoms with van der Waals surface area (Å²) in [7, 11) is 3.15. The van der Waals surface area contributed by atoms with E-state index in [1.165, 1.54) is 0 Å². The largest absolute Gasteiger partial charge is 0.497 e. The van der Waals surface area contributed by atoms with Gasteiger partial charge in [0.05, 0.1) is 38.5 Å². The molecule has 0 unspecified atom stereocenters. The summed E-state index contributed by atoms with van der Waals surface area (Å²) in [6.45, 7) is 6.75. The molecule has 0 N–H and O–H groups in total. The highest BCUT2D eigenvalue weighted by Gasteiger charge is 2.37. The first-order chi connectivity index (χ1) is 10.0. The van der Waals surface area contributed by atoms with Gasteiger partial charge < -0.3 is 14.2 Å². The molecule has 1 fully saturated rings. The van der Waals surface area contributed by atoms with Crippen molar-refractivity contribution in [3.63, 3.8) is 0 Å². The Morgan fingerprint density at radius 2 is 1.86 bits per heavy atom. The number of carbonyl (C=O) groups is 1. The molecule has 0 saturated carbocycles. The van der Waals surface area contributed by atoms with Gasteiger partial charge in [0.2, 0.25) is 0 Å². The molecule has 0 radical (unpaired) electrons. The molecule has 1 saturated heterocycles. The summed E-state index contributed by atoms with van der Waals surface area (Å²) in [5.41, 5.74) is -0.0131. The van der Waals surface area contributed by atoms with Crippen molar-refractivity contribution in [2.45, 2.75) is 19.4 Å². The number of morpholine rings is 1. The summed E-state index contributed by atoms with van der Waals surface area (Å²) in [6.07, 6.45) is 0. The van der Waals surface area contributed by atoms with Crippen LogP contribution in [0.4, 0.5) is 0 Å². The summed E-state index contributed by atoms with van der Waals surface area (Å²) in [6, 6.07) is 5.29. The van der Waals surface area contributed by atoms with Gasteiger partial charge in [-0.05, 0) is 26.0 Å². The topological polar surface area (TPSA) is 48.0 Å². The first kappa shape index (κ1) is 15.8. The van der Waals surface area contributed by atoms with Gasteiger partial charge >= 0.3 is 0 Å². The Hall–Kier alpha value is -1.59. The van der Waals surface area contributed by atoms with Crippen molar-refractivity contribution < 1.29 is 19.0 Å². The minimum Gasteiger partial charge on any atom is -0.497 e. The van der Waals surface area contributed by atoms with Crippen molar-refractivity contribution >= 4 is 5.78 Å². The third kappa shape index (κ3) is 3.19. The van der Waals surface area contributed by atoms with Gasteiger partial charge in [0.25, 0.3) is 0 Å². The number of methoxy groups -OCH3 is 2. The normalized spacial score (nSPS) is 16.6. The van der Waals surface area contributed by atoms with E-state index in [0.29, 0.717) is 30.3 Å². The maximum atomic E-state index is 12.9. The quantitative estimate of drug-likeness (QED) is 0.777. The van der Waals surface area contributed by atoms with Gasteiger partial charge in [-0.15, -0.1) is 0 Å². The fraction of sp³-hybridized carbons (Fsp3) is 0.562. The second-order valence-electron chi connectivity index (χ2n) is 5.55. The molecule has 116 valence electrons. The Balaban J connectivity index is 2.29. The van der Waals surface area contributed by atoms with E-state index < -0.39 is 5.54 Å². The van der Waals surface area contributed by atoms with Gasteiger partial charge in [-0.25, -0.2) is 0 Å². The molecule has 0 aromatic heterocycles. The zero-order valence-corrected chi connectivity index (χ0v) is 13.1. The third-order valence-electron chi connectivity index (χ3n) is 4.01. The smallest absolute Gasteiger partial charge is 0.186 e. The van der Waals surface area contributed by atoms with Crippen LogP contribution in [0.1, 0.15) is 24.2 Å². The molecule has 1 aliphatic heterocycles. The lowest BCUT2D eigenvalue weighted by Crippen LogP contribution is -2.54. The second kappa shape index (κ2) is 6.45. The maximum absolute atomic E-state index is 12.9. The highest BCUT2D eigenvalue weighted by Crippen LogP contribution is 2.30. The molecule has 0 bridgehead atoms. The lowest BCUT2D eigenvalue weighted by molar-refractivity contribution is -0.00438. The monoisotopic (exact) mass is 293 g/mol.